The molecule has 0 fully saturated rings. The van der Waals surface area contributed by atoms with E-state index in [0.717, 1.165) is 0 Å². The Morgan fingerprint density at radius 2 is 1.72 bits per heavy atom. The minimum absolute atomic E-state index is 0.277. The summed E-state index contributed by atoms with van der Waals surface area (Å²) >= 11 is 0. The molecule has 0 amide bonds. The highest BCUT2D eigenvalue weighted by Crippen LogP contribution is 2.16. The second-order valence-corrected chi connectivity index (χ2v) is 3.94. The van der Waals surface area contributed by atoms with Crippen molar-refractivity contribution in [3.63, 3.8) is 0 Å². The van der Waals surface area contributed by atoms with Crippen molar-refractivity contribution in [3.8, 4) is 11.3 Å². The quantitative estimate of drug-likeness (QED) is 0.710. The maximum atomic E-state index is 12.8. The fourth-order valence-electron chi connectivity index (χ4n) is 1.83. The standard InChI is InChI=1S/C14H9FN2O/c15-10-7-5-9(6-8-10)13-14(18)17-12-4-2-1-3-11(12)16-13/h1-8H,(H,17,18). The molecule has 0 bridgehead atoms. The number of para-hydroxylation sites is 2. The van der Waals surface area contributed by atoms with Crippen LogP contribution in [0.3, 0.4) is 0 Å². The monoisotopic (exact) mass is 240 g/mol. The van der Waals surface area contributed by atoms with E-state index in [1.54, 1.807) is 18.2 Å². The lowest BCUT2D eigenvalue weighted by molar-refractivity contribution is 0.628. The Morgan fingerprint density at radius 3 is 2.50 bits per heavy atom. The molecule has 0 aliphatic carbocycles. The second kappa shape index (κ2) is 4.07. The van der Waals surface area contributed by atoms with Gasteiger partial charge in [0, 0.05) is 5.56 Å². The Bertz CT molecular complexity index is 763. The summed E-state index contributed by atoms with van der Waals surface area (Å²) in [5.74, 6) is -0.337. The molecule has 0 unspecified atom stereocenters. The van der Waals surface area contributed by atoms with Gasteiger partial charge in [0.25, 0.3) is 5.56 Å². The molecule has 0 atom stereocenters. The van der Waals surface area contributed by atoms with Gasteiger partial charge in [0.05, 0.1) is 11.0 Å². The van der Waals surface area contributed by atoms with Gasteiger partial charge in [-0.2, -0.15) is 0 Å². The summed E-state index contributed by atoms with van der Waals surface area (Å²) in [5.41, 5.74) is 2.02. The number of hydrogen-bond acceptors (Lipinski definition) is 2. The van der Waals surface area contributed by atoms with Crippen molar-refractivity contribution in [1.29, 1.82) is 0 Å². The summed E-state index contributed by atoms with van der Waals surface area (Å²) in [6.07, 6.45) is 0. The summed E-state index contributed by atoms with van der Waals surface area (Å²) in [7, 11) is 0. The number of aromatic nitrogens is 2. The van der Waals surface area contributed by atoms with Gasteiger partial charge in [-0.25, -0.2) is 9.37 Å². The van der Waals surface area contributed by atoms with Crippen LogP contribution >= 0.6 is 0 Å². The molecule has 18 heavy (non-hydrogen) atoms. The van der Waals surface area contributed by atoms with Crippen LogP contribution in [0.1, 0.15) is 0 Å². The van der Waals surface area contributed by atoms with E-state index in [0.29, 0.717) is 22.3 Å². The minimum Gasteiger partial charge on any atom is -0.319 e. The normalized spacial score (nSPS) is 10.7. The molecule has 0 aliphatic heterocycles. The third kappa shape index (κ3) is 1.78. The molecule has 0 saturated carbocycles. The van der Waals surface area contributed by atoms with E-state index in [2.05, 4.69) is 9.97 Å². The van der Waals surface area contributed by atoms with Crippen molar-refractivity contribution in [2.75, 3.05) is 0 Å². The summed E-state index contributed by atoms with van der Waals surface area (Å²) in [6.45, 7) is 0. The van der Waals surface area contributed by atoms with E-state index in [1.807, 2.05) is 18.2 Å². The molecule has 0 saturated heterocycles. The zero-order chi connectivity index (χ0) is 12.5. The first-order valence-electron chi connectivity index (χ1n) is 5.49. The van der Waals surface area contributed by atoms with E-state index in [1.165, 1.54) is 12.1 Å². The van der Waals surface area contributed by atoms with Crippen LogP contribution in [0, 0.1) is 5.82 Å². The van der Waals surface area contributed by atoms with Gasteiger partial charge in [0.2, 0.25) is 0 Å². The van der Waals surface area contributed by atoms with Crippen LogP contribution in [0.5, 0.6) is 0 Å². The van der Waals surface area contributed by atoms with E-state index in [9.17, 15) is 9.18 Å². The van der Waals surface area contributed by atoms with Crippen molar-refractivity contribution in [1.82, 2.24) is 9.97 Å². The molecule has 3 aromatic rings. The first-order valence-corrected chi connectivity index (χ1v) is 5.49. The van der Waals surface area contributed by atoms with Crippen molar-refractivity contribution < 1.29 is 4.39 Å². The maximum absolute atomic E-state index is 12.8. The molecule has 1 N–H and O–H groups in total. The number of nitrogens with zero attached hydrogens (tertiary/aromatic N) is 1. The van der Waals surface area contributed by atoms with Crippen molar-refractivity contribution >= 4 is 11.0 Å². The summed E-state index contributed by atoms with van der Waals surface area (Å²) in [6, 6.07) is 13.0. The van der Waals surface area contributed by atoms with Crippen LogP contribution in [-0.4, -0.2) is 9.97 Å². The lowest BCUT2D eigenvalue weighted by Crippen LogP contribution is -2.11. The molecule has 0 radical (unpaired) electrons. The topological polar surface area (TPSA) is 45.8 Å². The highest BCUT2D eigenvalue weighted by atomic mass is 19.1. The maximum Gasteiger partial charge on any atom is 0.274 e. The first kappa shape index (κ1) is 10.7. The lowest BCUT2D eigenvalue weighted by Gasteiger charge is -2.02. The zero-order valence-corrected chi connectivity index (χ0v) is 9.35. The number of hydrogen-bond donors (Lipinski definition) is 1. The number of aromatic amines is 1. The average molecular weight is 240 g/mol. The third-order valence-corrected chi connectivity index (χ3v) is 2.72. The molecule has 1 heterocycles. The Hall–Kier alpha value is -2.49. The predicted molar refractivity (Wildman–Crippen MR) is 67.8 cm³/mol. The third-order valence-electron chi connectivity index (χ3n) is 2.72. The number of benzene rings is 2. The Morgan fingerprint density at radius 1 is 1.00 bits per heavy atom. The highest BCUT2D eigenvalue weighted by Gasteiger charge is 2.07. The number of halogens is 1. The van der Waals surface area contributed by atoms with Crippen LogP contribution in [0.15, 0.2) is 53.3 Å². The second-order valence-electron chi connectivity index (χ2n) is 3.94. The minimum atomic E-state index is -0.337. The Labute approximate surface area is 102 Å². The van der Waals surface area contributed by atoms with E-state index < -0.39 is 0 Å². The molecule has 88 valence electrons. The van der Waals surface area contributed by atoms with Crippen molar-refractivity contribution in [2.24, 2.45) is 0 Å². The summed E-state index contributed by atoms with van der Waals surface area (Å²) in [4.78, 5) is 19.0. The van der Waals surface area contributed by atoms with Crippen LogP contribution in [0.4, 0.5) is 4.39 Å². The molecule has 4 heteroatoms. The van der Waals surface area contributed by atoms with Crippen LogP contribution in [-0.2, 0) is 0 Å². The smallest absolute Gasteiger partial charge is 0.274 e. The number of H-pyrrole nitrogens is 1. The molecule has 2 aromatic carbocycles. The van der Waals surface area contributed by atoms with Gasteiger partial charge in [0.1, 0.15) is 11.5 Å². The van der Waals surface area contributed by atoms with E-state index in [4.69, 9.17) is 0 Å². The Balaban J connectivity index is 2.26. The lowest BCUT2D eigenvalue weighted by atomic mass is 10.1. The highest BCUT2D eigenvalue weighted by molar-refractivity contribution is 5.76. The van der Waals surface area contributed by atoms with Crippen molar-refractivity contribution in [3.05, 3.63) is 64.7 Å². The van der Waals surface area contributed by atoms with Crippen LogP contribution in [0.25, 0.3) is 22.3 Å². The molecule has 3 nitrogen and oxygen atoms in total. The van der Waals surface area contributed by atoms with Gasteiger partial charge in [-0.3, -0.25) is 4.79 Å². The fraction of sp³-hybridized carbons (Fsp3) is 0. The molecule has 0 spiro atoms. The predicted octanol–water partition coefficient (Wildman–Crippen LogP) is 2.73. The van der Waals surface area contributed by atoms with E-state index in [-0.39, 0.29) is 11.4 Å². The van der Waals surface area contributed by atoms with Gasteiger partial charge < -0.3 is 4.98 Å². The van der Waals surface area contributed by atoms with Crippen molar-refractivity contribution in [2.45, 2.75) is 0 Å². The largest absolute Gasteiger partial charge is 0.319 e. The van der Waals surface area contributed by atoms with Crippen LogP contribution < -0.4 is 5.56 Å². The zero-order valence-electron chi connectivity index (χ0n) is 9.35. The van der Waals surface area contributed by atoms with Gasteiger partial charge in [-0.05, 0) is 36.4 Å². The number of nitrogens with one attached hydrogen (secondary N) is 1. The van der Waals surface area contributed by atoms with E-state index >= 15 is 0 Å². The van der Waals surface area contributed by atoms with Gasteiger partial charge >= 0.3 is 0 Å². The molecule has 3 rings (SSSR count). The fourth-order valence-corrected chi connectivity index (χ4v) is 1.83. The van der Waals surface area contributed by atoms with Crippen LogP contribution in [0.2, 0.25) is 0 Å². The molecular weight excluding hydrogens is 231 g/mol. The molecular formula is C14H9FN2O. The number of rotatable bonds is 1. The van der Waals surface area contributed by atoms with Gasteiger partial charge in [0.15, 0.2) is 0 Å². The Kier molecular flexibility index (Phi) is 2.41. The summed E-state index contributed by atoms with van der Waals surface area (Å²) in [5, 5.41) is 0. The summed E-state index contributed by atoms with van der Waals surface area (Å²) < 4.78 is 12.8. The van der Waals surface area contributed by atoms with Gasteiger partial charge in [-0.15, -0.1) is 0 Å². The number of fused-ring (bicyclic) bond motifs is 1. The molecule has 1 aromatic heterocycles. The van der Waals surface area contributed by atoms with Gasteiger partial charge in [-0.1, -0.05) is 12.1 Å². The first-order chi connectivity index (χ1) is 8.74. The SMILES string of the molecule is O=c1[nH]c2ccccc2nc1-c1ccc(F)cc1. The average Bonchev–Trinajstić information content (AvgIpc) is 2.39. The molecule has 0 aliphatic rings.